The van der Waals surface area contributed by atoms with E-state index in [0.717, 1.165) is 0 Å². The highest BCUT2D eigenvalue weighted by Crippen LogP contribution is 2.11. The Kier molecular flexibility index (Phi) is 4.17. The van der Waals surface area contributed by atoms with E-state index in [1.54, 1.807) is 13.0 Å². The van der Waals surface area contributed by atoms with E-state index < -0.39 is 10.0 Å². The molecule has 0 amide bonds. The van der Waals surface area contributed by atoms with Gasteiger partial charge in [-0.25, -0.2) is 8.42 Å². The van der Waals surface area contributed by atoms with Gasteiger partial charge in [0.25, 0.3) is 10.0 Å². The maximum atomic E-state index is 11.6. The number of carbonyl (C=O) groups excluding carboxylic acids is 1. The molecule has 1 aromatic rings. The summed E-state index contributed by atoms with van der Waals surface area (Å²) < 4.78 is 23.2. The number of benzene rings is 1. The molecule has 0 spiro atoms. The summed E-state index contributed by atoms with van der Waals surface area (Å²) in [7, 11) is -3.70. The van der Waals surface area contributed by atoms with Crippen molar-refractivity contribution in [2.75, 3.05) is 6.61 Å². The summed E-state index contributed by atoms with van der Waals surface area (Å²) in [6.07, 6.45) is 0. The number of hydrogen-bond donors (Lipinski definition) is 1. The van der Waals surface area contributed by atoms with Crippen LogP contribution < -0.4 is 4.89 Å². The largest absolute Gasteiger partial charge is 0.295 e. The Morgan fingerprint density at radius 1 is 1.44 bits per heavy atom. The Labute approximate surface area is 94.4 Å². The van der Waals surface area contributed by atoms with Crippen molar-refractivity contribution in [3.63, 3.8) is 0 Å². The third kappa shape index (κ3) is 3.13. The molecule has 0 aromatic heterocycles. The van der Waals surface area contributed by atoms with E-state index in [0.29, 0.717) is 5.56 Å². The van der Waals surface area contributed by atoms with Crippen LogP contribution in [0.2, 0.25) is 0 Å². The Bertz CT molecular complexity index is 481. The molecular weight excluding hydrogens is 230 g/mol. The average molecular weight is 243 g/mol. The second kappa shape index (κ2) is 5.20. The van der Waals surface area contributed by atoms with Crippen molar-refractivity contribution < 1.29 is 18.0 Å². The van der Waals surface area contributed by atoms with E-state index in [-0.39, 0.29) is 17.3 Å². The molecule has 1 rings (SSSR count). The van der Waals surface area contributed by atoms with Crippen molar-refractivity contribution in [3.8, 4) is 0 Å². The van der Waals surface area contributed by atoms with Crippen LogP contribution in [-0.2, 0) is 14.9 Å². The van der Waals surface area contributed by atoms with E-state index in [1.165, 1.54) is 25.1 Å². The van der Waals surface area contributed by atoms with Crippen molar-refractivity contribution in [1.29, 1.82) is 0 Å². The summed E-state index contributed by atoms with van der Waals surface area (Å²) in [6.45, 7) is 3.27. The van der Waals surface area contributed by atoms with Crippen LogP contribution in [0, 0.1) is 0 Å². The van der Waals surface area contributed by atoms with E-state index in [9.17, 15) is 13.2 Å². The molecule has 1 aromatic carbocycles. The Morgan fingerprint density at radius 3 is 2.69 bits per heavy atom. The van der Waals surface area contributed by atoms with E-state index in [1.807, 2.05) is 4.89 Å². The minimum Gasteiger partial charge on any atom is -0.295 e. The first-order chi connectivity index (χ1) is 7.47. The summed E-state index contributed by atoms with van der Waals surface area (Å²) in [5.41, 5.74) is 0.347. The molecule has 88 valence electrons. The third-order valence-electron chi connectivity index (χ3n) is 1.86. The topological polar surface area (TPSA) is 72.5 Å². The maximum Gasteiger partial charge on any atom is 0.262 e. The van der Waals surface area contributed by atoms with Gasteiger partial charge in [0.05, 0.1) is 11.5 Å². The molecule has 0 aliphatic carbocycles. The van der Waals surface area contributed by atoms with Crippen molar-refractivity contribution >= 4 is 15.8 Å². The molecule has 0 heterocycles. The summed E-state index contributed by atoms with van der Waals surface area (Å²) in [5.74, 6) is -0.187. The van der Waals surface area contributed by atoms with Crippen LogP contribution in [0.5, 0.6) is 0 Å². The third-order valence-corrected chi connectivity index (χ3v) is 3.08. The van der Waals surface area contributed by atoms with E-state index in [2.05, 4.69) is 4.84 Å². The van der Waals surface area contributed by atoms with Crippen LogP contribution in [0.25, 0.3) is 0 Å². The number of hydrogen-bond acceptors (Lipinski definition) is 4. The molecule has 0 atom stereocenters. The molecule has 5 nitrogen and oxygen atoms in total. The number of sulfonamides is 1. The molecule has 16 heavy (non-hydrogen) atoms. The number of ketones is 1. The lowest BCUT2D eigenvalue weighted by Gasteiger charge is -2.06. The zero-order valence-electron chi connectivity index (χ0n) is 9.06. The molecule has 6 heteroatoms. The molecule has 0 unspecified atom stereocenters. The van der Waals surface area contributed by atoms with Gasteiger partial charge >= 0.3 is 0 Å². The van der Waals surface area contributed by atoms with Gasteiger partial charge in [-0.2, -0.15) is 0 Å². The van der Waals surface area contributed by atoms with Gasteiger partial charge in [0.15, 0.2) is 5.78 Å². The highest BCUT2D eigenvalue weighted by molar-refractivity contribution is 7.89. The summed E-state index contributed by atoms with van der Waals surface area (Å²) in [6, 6.07) is 5.77. The number of rotatable bonds is 5. The first-order valence-corrected chi connectivity index (χ1v) is 6.20. The van der Waals surface area contributed by atoms with Gasteiger partial charge in [0, 0.05) is 5.56 Å². The number of Topliss-reactive ketones (excluding diaryl/α,β-unsaturated/α-hetero) is 1. The van der Waals surface area contributed by atoms with Gasteiger partial charge < -0.3 is 0 Å². The minimum absolute atomic E-state index is 0.00801. The standard InChI is InChI=1S/C10H13NO4S/c1-3-15-11-16(13,14)10-6-4-5-9(7-10)8(2)12/h4-7,11H,3H2,1-2H3. The highest BCUT2D eigenvalue weighted by atomic mass is 32.2. The van der Waals surface area contributed by atoms with E-state index >= 15 is 0 Å². The van der Waals surface area contributed by atoms with Crippen LogP contribution in [0.1, 0.15) is 24.2 Å². The van der Waals surface area contributed by atoms with Crippen LogP contribution >= 0.6 is 0 Å². The quantitative estimate of drug-likeness (QED) is 0.621. The number of nitrogens with one attached hydrogen (secondary N) is 1. The molecular formula is C10H13NO4S. The minimum atomic E-state index is -3.70. The first kappa shape index (κ1) is 12.8. The average Bonchev–Trinajstić information content (AvgIpc) is 2.26. The van der Waals surface area contributed by atoms with Gasteiger partial charge in [0.2, 0.25) is 0 Å². The number of carbonyl (C=O) groups is 1. The van der Waals surface area contributed by atoms with Crippen molar-refractivity contribution in [2.45, 2.75) is 18.7 Å². The zero-order valence-corrected chi connectivity index (χ0v) is 9.87. The second-order valence-corrected chi connectivity index (χ2v) is 4.75. The Balaban J connectivity index is 3.04. The van der Waals surface area contributed by atoms with Crippen LogP contribution in [0.3, 0.4) is 0 Å². The van der Waals surface area contributed by atoms with Crippen LogP contribution in [-0.4, -0.2) is 20.8 Å². The predicted molar refractivity (Wildman–Crippen MR) is 58.4 cm³/mol. The van der Waals surface area contributed by atoms with Gasteiger partial charge in [-0.3, -0.25) is 9.63 Å². The van der Waals surface area contributed by atoms with Crippen LogP contribution in [0.15, 0.2) is 29.2 Å². The molecule has 1 N–H and O–H groups in total. The van der Waals surface area contributed by atoms with E-state index in [4.69, 9.17) is 0 Å². The molecule has 0 aliphatic heterocycles. The lowest BCUT2D eigenvalue weighted by Crippen LogP contribution is -2.24. The molecule has 0 saturated carbocycles. The highest BCUT2D eigenvalue weighted by Gasteiger charge is 2.14. The van der Waals surface area contributed by atoms with Crippen LogP contribution in [0.4, 0.5) is 0 Å². The summed E-state index contributed by atoms with van der Waals surface area (Å²) in [5, 5.41) is 0. The molecule has 0 fully saturated rings. The van der Waals surface area contributed by atoms with Gasteiger partial charge in [-0.05, 0) is 26.0 Å². The summed E-state index contributed by atoms with van der Waals surface area (Å²) in [4.78, 5) is 17.7. The van der Waals surface area contributed by atoms with Gasteiger partial charge in [-0.15, -0.1) is 0 Å². The van der Waals surface area contributed by atoms with Crippen molar-refractivity contribution in [2.24, 2.45) is 0 Å². The summed E-state index contributed by atoms with van der Waals surface area (Å²) >= 11 is 0. The van der Waals surface area contributed by atoms with Crippen molar-refractivity contribution in [1.82, 2.24) is 4.89 Å². The van der Waals surface area contributed by atoms with Gasteiger partial charge in [0.1, 0.15) is 0 Å². The monoisotopic (exact) mass is 243 g/mol. The Morgan fingerprint density at radius 2 is 2.12 bits per heavy atom. The molecule has 0 aliphatic rings. The zero-order chi connectivity index (χ0) is 12.2. The fourth-order valence-corrected chi connectivity index (χ4v) is 1.98. The fraction of sp³-hybridized carbons (Fsp3) is 0.300. The molecule has 0 saturated heterocycles. The molecule has 0 radical (unpaired) electrons. The van der Waals surface area contributed by atoms with Crippen molar-refractivity contribution in [3.05, 3.63) is 29.8 Å². The smallest absolute Gasteiger partial charge is 0.262 e. The lowest BCUT2D eigenvalue weighted by molar-refractivity contribution is 0.101. The molecule has 0 bridgehead atoms. The predicted octanol–water partition coefficient (Wildman–Crippen LogP) is 1.12. The normalized spacial score (nSPS) is 11.4. The Hall–Kier alpha value is -1.24. The van der Waals surface area contributed by atoms with Gasteiger partial charge in [-0.1, -0.05) is 17.0 Å². The lowest BCUT2D eigenvalue weighted by atomic mass is 10.2. The maximum absolute atomic E-state index is 11.6. The fourth-order valence-electron chi connectivity index (χ4n) is 1.07. The first-order valence-electron chi connectivity index (χ1n) is 4.72. The SMILES string of the molecule is CCONS(=O)(=O)c1cccc(C(C)=O)c1. The second-order valence-electron chi connectivity index (χ2n) is 3.10.